The Balaban J connectivity index is 3.32. The van der Waals surface area contributed by atoms with E-state index in [1.165, 1.54) is 89.9 Å². The van der Waals surface area contributed by atoms with Crippen LogP contribution in [-0.2, 0) is 4.43 Å². The lowest BCUT2D eigenvalue weighted by Crippen LogP contribution is -2.40. The molecule has 0 rings (SSSR count). The molecule has 0 aliphatic rings. The Hall–Kier alpha value is -0.0831. The number of rotatable bonds is 17. The van der Waals surface area contributed by atoms with Crippen molar-refractivity contribution in [3.63, 3.8) is 0 Å². The normalized spacial score (nSPS) is 13.0. The maximum atomic E-state index is 6.24. The van der Waals surface area contributed by atoms with Gasteiger partial charge >= 0.3 is 0 Å². The van der Waals surface area contributed by atoms with Crippen LogP contribution < -0.4 is 0 Å². The summed E-state index contributed by atoms with van der Waals surface area (Å²) >= 11 is 0. The Morgan fingerprint density at radius 2 is 1.08 bits per heavy atom. The van der Waals surface area contributed by atoms with Gasteiger partial charge < -0.3 is 4.43 Å². The first-order chi connectivity index (χ1) is 12.3. The summed E-state index contributed by atoms with van der Waals surface area (Å²) in [6, 6.07) is 0. The Morgan fingerprint density at radius 1 is 0.654 bits per heavy atom. The zero-order valence-electron chi connectivity index (χ0n) is 19.2. The topological polar surface area (TPSA) is 9.23 Å². The first-order valence-corrected chi connectivity index (χ1v) is 14.5. The van der Waals surface area contributed by atoms with Crippen LogP contribution in [0, 0.1) is 0 Å². The number of hydrogen-bond acceptors (Lipinski definition) is 1. The third-order valence-corrected chi connectivity index (χ3v) is 10.5. The zero-order valence-corrected chi connectivity index (χ0v) is 20.2. The fraction of sp³-hybridized carbons (Fsp3) is 0.917. The molecular formula is C24H50OSi. The molecule has 0 aliphatic carbocycles. The molecule has 0 aromatic heterocycles. The maximum Gasteiger partial charge on any atom is 0.191 e. The van der Waals surface area contributed by atoms with Gasteiger partial charge in [0.15, 0.2) is 8.32 Å². The minimum Gasteiger partial charge on any atom is -0.417 e. The van der Waals surface area contributed by atoms with Gasteiger partial charge in [-0.3, -0.25) is 0 Å². The lowest BCUT2D eigenvalue weighted by Gasteiger charge is -2.36. The summed E-state index contributed by atoms with van der Waals surface area (Å²) in [4.78, 5) is 0. The van der Waals surface area contributed by atoms with Crippen molar-refractivity contribution in [1.29, 1.82) is 0 Å². The van der Waals surface area contributed by atoms with Crippen molar-refractivity contribution in [3.8, 4) is 0 Å². The monoisotopic (exact) mass is 382 g/mol. The van der Waals surface area contributed by atoms with Gasteiger partial charge in [0, 0.05) is 6.61 Å². The highest BCUT2D eigenvalue weighted by Crippen LogP contribution is 2.36. The lowest BCUT2D eigenvalue weighted by molar-refractivity contribution is 0.277. The van der Waals surface area contributed by atoms with Gasteiger partial charge in [0.25, 0.3) is 0 Å². The Bertz CT molecular complexity index is 328. The summed E-state index contributed by atoms with van der Waals surface area (Å²) in [5.41, 5.74) is 0. The highest BCUT2D eigenvalue weighted by molar-refractivity contribution is 6.74. The third kappa shape index (κ3) is 15.0. The molecule has 0 saturated heterocycles. The molecule has 0 aromatic carbocycles. The molecule has 0 amide bonds. The molecule has 2 heteroatoms. The molecule has 0 atom stereocenters. The summed E-state index contributed by atoms with van der Waals surface area (Å²) in [6.45, 7) is 14.9. The molecule has 156 valence electrons. The molecule has 26 heavy (non-hydrogen) atoms. The van der Waals surface area contributed by atoms with E-state index in [1.807, 2.05) is 0 Å². The van der Waals surface area contributed by atoms with E-state index in [4.69, 9.17) is 4.43 Å². The van der Waals surface area contributed by atoms with E-state index in [9.17, 15) is 0 Å². The molecule has 0 heterocycles. The molecule has 0 spiro atoms. The van der Waals surface area contributed by atoms with Crippen LogP contribution in [0.5, 0.6) is 0 Å². The SMILES string of the molecule is CCCCCCCCCC/C=C\CCCCCCO[Si](C)(C)C(C)(C)C. The molecule has 0 aliphatic heterocycles. The fourth-order valence-electron chi connectivity index (χ4n) is 2.89. The second-order valence-electron chi connectivity index (χ2n) is 9.55. The van der Waals surface area contributed by atoms with Crippen molar-refractivity contribution < 1.29 is 4.43 Å². The molecule has 0 aromatic rings. The third-order valence-electron chi connectivity index (χ3n) is 5.93. The predicted octanol–water partition coefficient (Wildman–Crippen LogP) is 9.05. The van der Waals surface area contributed by atoms with E-state index < -0.39 is 8.32 Å². The Labute approximate surface area is 167 Å². The predicted molar refractivity (Wildman–Crippen MR) is 123 cm³/mol. The van der Waals surface area contributed by atoms with E-state index in [0.29, 0.717) is 5.04 Å². The standard InChI is InChI=1S/C24H50OSi/c1-7-8-9-10-11-12-13-14-15-16-17-18-19-20-21-22-23-25-26(5,6)24(2,3)4/h16-17H,7-15,18-23H2,1-6H3/b17-16-. The molecule has 0 bridgehead atoms. The van der Waals surface area contributed by atoms with E-state index in [2.05, 4.69) is 52.9 Å². The van der Waals surface area contributed by atoms with Crippen LogP contribution in [0.25, 0.3) is 0 Å². The van der Waals surface area contributed by atoms with E-state index >= 15 is 0 Å². The number of hydrogen-bond donors (Lipinski definition) is 0. The lowest BCUT2D eigenvalue weighted by atomic mass is 10.1. The highest BCUT2D eigenvalue weighted by atomic mass is 28.4. The van der Waals surface area contributed by atoms with Crippen LogP contribution in [-0.4, -0.2) is 14.9 Å². The second kappa shape index (κ2) is 15.9. The van der Waals surface area contributed by atoms with Gasteiger partial charge in [-0.05, 0) is 50.2 Å². The first kappa shape index (κ1) is 25.9. The first-order valence-electron chi connectivity index (χ1n) is 11.6. The molecule has 0 radical (unpaired) electrons. The molecule has 1 nitrogen and oxygen atoms in total. The van der Waals surface area contributed by atoms with Crippen molar-refractivity contribution in [2.45, 2.75) is 136 Å². The molecular weight excluding hydrogens is 332 g/mol. The van der Waals surface area contributed by atoms with Crippen molar-refractivity contribution in [3.05, 3.63) is 12.2 Å². The summed E-state index contributed by atoms with van der Waals surface area (Å²) < 4.78 is 6.24. The van der Waals surface area contributed by atoms with Gasteiger partial charge in [0.05, 0.1) is 0 Å². The minimum absolute atomic E-state index is 0.340. The number of unbranched alkanes of at least 4 members (excludes halogenated alkanes) is 12. The summed E-state index contributed by atoms with van der Waals surface area (Å²) in [5, 5.41) is 0.340. The van der Waals surface area contributed by atoms with Crippen LogP contribution >= 0.6 is 0 Å². The fourth-order valence-corrected chi connectivity index (χ4v) is 3.98. The van der Waals surface area contributed by atoms with Crippen LogP contribution in [0.15, 0.2) is 12.2 Å². The van der Waals surface area contributed by atoms with E-state index in [1.54, 1.807) is 0 Å². The highest BCUT2D eigenvalue weighted by Gasteiger charge is 2.36. The van der Waals surface area contributed by atoms with E-state index in [-0.39, 0.29) is 0 Å². The smallest absolute Gasteiger partial charge is 0.191 e. The summed E-state index contributed by atoms with van der Waals surface area (Å²) in [5.74, 6) is 0. The quantitative estimate of drug-likeness (QED) is 0.138. The largest absolute Gasteiger partial charge is 0.417 e. The van der Waals surface area contributed by atoms with Crippen molar-refractivity contribution >= 4 is 8.32 Å². The Kier molecular flexibility index (Phi) is 15.9. The average molecular weight is 383 g/mol. The Morgan fingerprint density at radius 3 is 1.54 bits per heavy atom. The van der Waals surface area contributed by atoms with Crippen molar-refractivity contribution in [2.24, 2.45) is 0 Å². The van der Waals surface area contributed by atoms with Crippen LogP contribution in [0.1, 0.15) is 118 Å². The molecule has 0 unspecified atom stereocenters. The molecule has 0 N–H and O–H groups in total. The number of allylic oxidation sites excluding steroid dienone is 2. The zero-order chi connectivity index (χ0) is 19.7. The average Bonchev–Trinajstić information content (AvgIpc) is 2.56. The summed E-state index contributed by atoms with van der Waals surface area (Å²) in [7, 11) is -1.53. The van der Waals surface area contributed by atoms with Gasteiger partial charge in [-0.25, -0.2) is 0 Å². The van der Waals surface area contributed by atoms with Crippen molar-refractivity contribution in [2.75, 3.05) is 6.61 Å². The van der Waals surface area contributed by atoms with Crippen LogP contribution in [0.3, 0.4) is 0 Å². The maximum absolute atomic E-state index is 6.24. The van der Waals surface area contributed by atoms with Gasteiger partial charge in [0.1, 0.15) is 0 Å². The van der Waals surface area contributed by atoms with Crippen LogP contribution in [0.2, 0.25) is 18.1 Å². The molecule has 0 fully saturated rings. The molecule has 0 saturated carbocycles. The van der Waals surface area contributed by atoms with Crippen molar-refractivity contribution in [1.82, 2.24) is 0 Å². The summed E-state index contributed by atoms with van der Waals surface area (Å²) in [6.07, 6.45) is 24.0. The van der Waals surface area contributed by atoms with Crippen LogP contribution in [0.4, 0.5) is 0 Å². The van der Waals surface area contributed by atoms with Gasteiger partial charge in [-0.1, -0.05) is 97.6 Å². The van der Waals surface area contributed by atoms with Gasteiger partial charge in [0.2, 0.25) is 0 Å². The van der Waals surface area contributed by atoms with E-state index in [0.717, 1.165) is 6.61 Å². The minimum atomic E-state index is -1.53. The van der Waals surface area contributed by atoms with Gasteiger partial charge in [-0.2, -0.15) is 0 Å². The van der Waals surface area contributed by atoms with Gasteiger partial charge in [-0.15, -0.1) is 0 Å². The second-order valence-corrected chi connectivity index (χ2v) is 14.4.